The number of phenolic OH excluding ortho intramolecular Hbond substituents is 6. The van der Waals surface area contributed by atoms with Crippen molar-refractivity contribution < 1.29 is 49.7 Å². The number of Topliss-reactive ketones (excluding diaryl/α,β-unsaturated/α-hetero) is 2. The topological polar surface area (TPSA) is 174 Å². The first kappa shape index (κ1) is 24.9. The highest BCUT2D eigenvalue weighted by Crippen LogP contribution is 2.52. The Balaban J connectivity index is 1.45. The van der Waals surface area contributed by atoms with E-state index in [1.54, 1.807) is 12.1 Å². The van der Waals surface area contributed by atoms with Crippen molar-refractivity contribution in [2.24, 2.45) is 0 Å². The zero-order valence-corrected chi connectivity index (χ0v) is 20.7. The molecule has 2 aliphatic heterocycles. The fourth-order valence-electron chi connectivity index (χ4n) is 5.17. The number of phenols is 6. The number of fused-ring (bicyclic) bond motifs is 2. The minimum absolute atomic E-state index is 0.0103. The number of hydrogen-bond donors (Lipinski definition) is 6. The summed E-state index contributed by atoms with van der Waals surface area (Å²) in [5.74, 6) is -2.93. The molecule has 4 aromatic carbocycles. The molecule has 0 fully saturated rings. The largest absolute Gasteiger partial charge is 0.508 e. The third kappa shape index (κ3) is 4.06. The number of rotatable bonds is 3. The van der Waals surface area contributed by atoms with Gasteiger partial charge in [-0.05, 0) is 35.4 Å². The lowest BCUT2D eigenvalue weighted by Crippen LogP contribution is -2.21. The smallest absolute Gasteiger partial charge is 0.174 e. The highest BCUT2D eigenvalue weighted by Gasteiger charge is 2.36. The lowest BCUT2D eigenvalue weighted by atomic mass is 9.89. The lowest BCUT2D eigenvalue weighted by Gasteiger charge is -2.29. The van der Waals surface area contributed by atoms with Crippen molar-refractivity contribution in [3.8, 4) is 57.1 Å². The molecule has 0 amide bonds. The Morgan fingerprint density at radius 1 is 0.550 bits per heavy atom. The number of carbonyl (C=O) groups is 2. The second-order valence-corrected chi connectivity index (χ2v) is 9.67. The Kier molecular flexibility index (Phi) is 5.69. The number of carbonyl (C=O) groups excluding carboxylic acids is 2. The predicted molar refractivity (Wildman–Crippen MR) is 139 cm³/mol. The van der Waals surface area contributed by atoms with E-state index in [1.165, 1.54) is 36.4 Å². The van der Waals surface area contributed by atoms with Crippen molar-refractivity contribution in [2.45, 2.75) is 25.0 Å². The second kappa shape index (κ2) is 9.12. The summed E-state index contributed by atoms with van der Waals surface area (Å²) in [6.45, 7) is 0. The van der Waals surface area contributed by atoms with Gasteiger partial charge in [-0.2, -0.15) is 0 Å². The summed E-state index contributed by atoms with van der Waals surface area (Å²) in [6.07, 6.45) is -1.95. The van der Waals surface area contributed by atoms with Gasteiger partial charge in [0.05, 0.1) is 18.4 Å². The average Bonchev–Trinajstić information content (AvgIpc) is 2.89. The Hall–Kier alpha value is -5.38. The van der Waals surface area contributed by atoms with E-state index in [4.69, 9.17) is 9.47 Å². The van der Waals surface area contributed by atoms with Crippen molar-refractivity contribution in [1.29, 1.82) is 0 Å². The van der Waals surface area contributed by atoms with Crippen molar-refractivity contribution in [3.63, 3.8) is 0 Å². The number of aromatic hydroxyl groups is 6. The van der Waals surface area contributed by atoms with Gasteiger partial charge in [0.15, 0.2) is 11.6 Å². The van der Waals surface area contributed by atoms with Crippen LogP contribution in [0.5, 0.6) is 46.0 Å². The summed E-state index contributed by atoms with van der Waals surface area (Å²) in [7, 11) is 0. The van der Waals surface area contributed by atoms with E-state index in [9.17, 15) is 40.2 Å². The minimum atomic E-state index is -0.872. The first-order valence-corrected chi connectivity index (χ1v) is 12.3. The molecule has 202 valence electrons. The Morgan fingerprint density at radius 2 is 1.15 bits per heavy atom. The molecule has 0 bridgehead atoms. The summed E-state index contributed by atoms with van der Waals surface area (Å²) >= 11 is 0. The molecule has 2 atom stereocenters. The van der Waals surface area contributed by atoms with E-state index in [1.807, 2.05) is 0 Å². The summed E-state index contributed by atoms with van der Waals surface area (Å²) in [5, 5.41) is 61.8. The highest BCUT2D eigenvalue weighted by molar-refractivity contribution is 6.06. The quantitative estimate of drug-likeness (QED) is 0.207. The van der Waals surface area contributed by atoms with E-state index >= 15 is 0 Å². The molecule has 40 heavy (non-hydrogen) atoms. The van der Waals surface area contributed by atoms with Crippen LogP contribution in [0.2, 0.25) is 0 Å². The first-order valence-electron chi connectivity index (χ1n) is 12.3. The molecule has 2 aliphatic rings. The number of hydrogen-bond acceptors (Lipinski definition) is 10. The van der Waals surface area contributed by atoms with E-state index < -0.39 is 41.0 Å². The first-order chi connectivity index (χ1) is 19.1. The van der Waals surface area contributed by atoms with Gasteiger partial charge in [-0.3, -0.25) is 9.59 Å². The summed E-state index contributed by atoms with van der Waals surface area (Å²) in [5.41, 5.74) is 0.769. The van der Waals surface area contributed by atoms with Crippen LogP contribution in [0.4, 0.5) is 0 Å². The third-order valence-electron chi connectivity index (χ3n) is 7.06. The van der Waals surface area contributed by atoms with Crippen molar-refractivity contribution >= 4 is 11.6 Å². The van der Waals surface area contributed by atoms with Crippen LogP contribution in [0.1, 0.15) is 56.9 Å². The molecule has 6 N–H and O–H groups in total. The summed E-state index contributed by atoms with van der Waals surface area (Å²) in [4.78, 5) is 25.9. The predicted octanol–water partition coefficient (Wildman–Crippen LogP) is 5.00. The summed E-state index contributed by atoms with van der Waals surface area (Å²) in [6, 6.07) is 13.6. The molecule has 0 unspecified atom stereocenters. The fourth-order valence-corrected chi connectivity index (χ4v) is 5.17. The Morgan fingerprint density at radius 3 is 1.88 bits per heavy atom. The van der Waals surface area contributed by atoms with Crippen LogP contribution in [0.15, 0.2) is 60.7 Å². The van der Waals surface area contributed by atoms with Crippen LogP contribution in [0.25, 0.3) is 11.1 Å². The van der Waals surface area contributed by atoms with E-state index in [2.05, 4.69) is 0 Å². The van der Waals surface area contributed by atoms with E-state index in [0.29, 0.717) is 11.1 Å². The van der Waals surface area contributed by atoms with E-state index in [-0.39, 0.29) is 63.8 Å². The standard InChI is InChI=1S/C30H22O10/c31-15-4-1-13(2-5-15)24-12-23(38)29-21(36)10-20(35)27(30(29)40-24)17-7-14(3-6-18(17)33)25-11-22(37)28-19(34)8-16(32)9-26(28)39-25/h1-10,24-25,31-36H,11-12H2/t24-,25-/m0/s1. The maximum absolute atomic E-state index is 13.1. The van der Waals surface area contributed by atoms with Gasteiger partial charge in [0.1, 0.15) is 69.3 Å². The molecule has 0 aliphatic carbocycles. The molecule has 0 aromatic heterocycles. The number of ether oxygens (including phenoxy) is 2. The molecular weight excluding hydrogens is 520 g/mol. The molecule has 10 heteroatoms. The molecule has 0 saturated carbocycles. The van der Waals surface area contributed by atoms with Gasteiger partial charge in [0.2, 0.25) is 0 Å². The Labute approximate surface area is 226 Å². The zero-order chi connectivity index (χ0) is 28.3. The number of benzene rings is 4. The number of ketones is 2. The molecule has 0 saturated heterocycles. The maximum Gasteiger partial charge on any atom is 0.174 e. The minimum Gasteiger partial charge on any atom is -0.508 e. The zero-order valence-electron chi connectivity index (χ0n) is 20.7. The van der Waals surface area contributed by atoms with E-state index in [0.717, 1.165) is 12.1 Å². The van der Waals surface area contributed by atoms with Gasteiger partial charge in [-0.25, -0.2) is 0 Å². The van der Waals surface area contributed by atoms with Crippen molar-refractivity contribution in [3.05, 3.63) is 82.9 Å². The van der Waals surface area contributed by atoms with Gasteiger partial charge >= 0.3 is 0 Å². The molecule has 4 aromatic rings. The fraction of sp³-hybridized carbons (Fsp3) is 0.133. The van der Waals surface area contributed by atoms with Crippen molar-refractivity contribution in [1.82, 2.24) is 0 Å². The summed E-state index contributed by atoms with van der Waals surface area (Å²) < 4.78 is 12.0. The van der Waals surface area contributed by atoms with Crippen LogP contribution < -0.4 is 9.47 Å². The van der Waals surface area contributed by atoms with Gasteiger partial charge in [0.25, 0.3) is 0 Å². The van der Waals surface area contributed by atoms with Crippen LogP contribution in [-0.4, -0.2) is 42.2 Å². The van der Waals surface area contributed by atoms with Gasteiger partial charge in [-0.1, -0.05) is 18.2 Å². The lowest BCUT2D eigenvalue weighted by molar-refractivity contribution is 0.0834. The molecule has 0 spiro atoms. The molecule has 0 radical (unpaired) electrons. The molecule has 2 heterocycles. The molecular formula is C30H22O10. The molecule has 10 nitrogen and oxygen atoms in total. The third-order valence-corrected chi connectivity index (χ3v) is 7.06. The Bertz CT molecular complexity index is 1710. The SMILES string of the molecule is O=C1C[C@@H](c2ccc(O)c(-c3c(O)cc(O)c4c3O[C@H](c3ccc(O)cc3)CC4=O)c2)Oc2cc(O)cc(O)c21. The van der Waals surface area contributed by atoms with Gasteiger partial charge < -0.3 is 40.1 Å². The van der Waals surface area contributed by atoms with Crippen LogP contribution in [0.3, 0.4) is 0 Å². The second-order valence-electron chi connectivity index (χ2n) is 9.67. The van der Waals surface area contributed by atoms with Crippen LogP contribution in [-0.2, 0) is 0 Å². The average molecular weight is 542 g/mol. The molecule has 6 rings (SSSR count). The van der Waals surface area contributed by atoms with Crippen LogP contribution >= 0.6 is 0 Å². The van der Waals surface area contributed by atoms with Gasteiger partial charge in [0, 0.05) is 23.8 Å². The normalized spacial score (nSPS) is 17.9. The highest BCUT2D eigenvalue weighted by atomic mass is 16.5. The van der Waals surface area contributed by atoms with Crippen LogP contribution in [0, 0.1) is 0 Å². The monoisotopic (exact) mass is 542 g/mol. The maximum atomic E-state index is 13.1. The van der Waals surface area contributed by atoms with Gasteiger partial charge in [-0.15, -0.1) is 0 Å². The van der Waals surface area contributed by atoms with Crippen molar-refractivity contribution in [2.75, 3.05) is 0 Å².